The summed E-state index contributed by atoms with van der Waals surface area (Å²) in [4.78, 5) is 17.6. The fourth-order valence-corrected chi connectivity index (χ4v) is 1.59. The van der Waals surface area contributed by atoms with Crippen molar-refractivity contribution in [2.45, 2.75) is 13.5 Å². The van der Waals surface area contributed by atoms with E-state index in [2.05, 4.69) is 20.5 Å². The zero-order chi connectivity index (χ0) is 14.5. The Morgan fingerprint density at radius 3 is 2.70 bits per heavy atom. The minimum absolute atomic E-state index is 0.267. The average Bonchev–Trinajstić information content (AvgIpc) is 2.85. The Labute approximate surface area is 116 Å². The summed E-state index contributed by atoms with van der Waals surface area (Å²) in [6.45, 7) is 2.11. The number of benzene rings is 1. The first kappa shape index (κ1) is 13.5. The van der Waals surface area contributed by atoms with Crippen LogP contribution in [0.15, 0.2) is 24.3 Å². The summed E-state index contributed by atoms with van der Waals surface area (Å²) in [5, 5.41) is 18.1. The molecule has 0 fully saturated rings. The highest BCUT2D eigenvalue weighted by atomic mass is 16.2. The van der Waals surface area contributed by atoms with Crippen LogP contribution in [0.25, 0.3) is 0 Å². The number of amides is 2. The molecule has 0 atom stereocenters. The van der Waals surface area contributed by atoms with Crippen LogP contribution >= 0.6 is 0 Å². The zero-order valence-electron chi connectivity index (χ0n) is 11.2. The van der Waals surface area contributed by atoms with Crippen molar-refractivity contribution in [3.63, 3.8) is 0 Å². The normalized spacial score (nSPS) is 9.85. The number of nitrogens with one attached hydrogen (secondary N) is 2. The number of urea groups is 1. The Kier molecular flexibility index (Phi) is 3.96. The predicted molar refractivity (Wildman–Crippen MR) is 72.8 cm³/mol. The maximum absolute atomic E-state index is 12.0. The largest absolute Gasteiger partial charge is 0.321 e. The summed E-state index contributed by atoms with van der Waals surface area (Å²) in [5.41, 5.74) is 1.18. The third kappa shape index (κ3) is 3.32. The molecule has 0 aliphatic carbocycles. The van der Waals surface area contributed by atoms with E-state index < -0.39 is 0 Å². The maximum Gasteiger partial charge on any atom is 0.321 e. The summed E-state index contributed by atoms with van der Waals surface area (Å²) in [6.07, 6.45) is 0. The van der Waals surface area contributed by atoms with Crippen LogP contribution in [0.5, 0.6) is 0 Å². The van der Waals surface area contributed by atoms with Crippen molar-refractivity contribution < 1.29 is 4.79 Å². The van der Waals surface area contributed by atoms with Crippen molar-refractivity contribution in [3.05, 3.63) is 41.5 Å². The number of hydrogen-bond acceptors (Lipinski definition) is 4. The quantitative estimate of drug-likeness (QED) is 0.886. The van der Waals surface area contributed by atoms with Crippen LogP contribution in [0, 0.1) is 18.3 Å². The number of anilines is 1. The van der Waals surface area contributed by atoms with Gasteiger partial charge < -0.3 is 10.2 Å². The second-order valence-electron chi connectivity index (χ2n) is 4.31. The van der Waals surface area contributed by atoms with E-state index in [0.717, 1.165) is 0 Å². The van der Waals surface area contributed by atoms with Gasteiger partial charge in [-0.2, -0.15) is 10.4 Å². The Morgan fingerprint density at radius 2 is 2.15 bits per heavy atom. The van der Waals surface area contributed by atoms with E-state index in [0.29, 0.717) is 29.4 Å². The van der Waals surface area contributed by atoms with E-state index in [4.69, 9.17) is 5.26 Å². The highest BCUT2D eigenvalue weighted by molar-refractivity contribution is 5.89. The number of hydrogen-bond donors (Lipinski definition) is 2. The van der Waals surface area contributed by atoms with Gasteiger partial charge in [0.25, 0.3) is 0 Å². The van der Waals surface area contributed by atoms with Crippen molar-refractivity contribution in [3.8, 4) is 6.07 Å². The number of rotatable bonds is 3. The number of carbonyl (C=O) groups is 1. The first-order valence-electron chi connectivity index (χ1n) is 5.98. The molecule has 20 heavy (non-hydrogen) atoms. The lowest BCUT2D eigenvalue weighted by Gasteiger charge is -2.16. The van der Waals surface area contributed by atoms with Gasteiger partial charge in [-0.3, -0.25) is 5.10 Å². The number of H-pyrrole nitrogens is 1. The van der Waals surface area contributed by atoms with Gasteiger partial charge in [0.15, 0.2) is 5.82 Å². The lowest BCUT2D eigenvalue weighted by molar-refractivity contribution is 0.219. The number of aromatic nitrogens is 3. The van der Waals surface area contributed by atoms with E-state index in [1.165, 1.54) is 4.90 Å². The third-order valence-corrected chi connectivity index (χ3v) is 2.63. The molecule has 1 aromatic carbocycles. The molecule has 2 amide bonds. The number of aryl methyl sites for hydroxylation is 1. The summed E-state index contributed by atoms with van der Waals surface area (Å²) in [5.74, 6) is 1.26. The van der Waals surface area contributed by atoms with Gasteiger partial charge in [-0.15, -0.1) is 0 Å². The van der Waals surface area contributed by atoms with Gasteiger partial charge in [-0.25, -0.2) is 9.78 Å². The van der Waals surface area contributed by atoms with Crippen LogP contribution in [-0.2, 0) is 6.54 Å². The molecule has 2 aromatic rings. The van der Waals surface area contributed by atoms with Crippen molar-refractivity contribution in [2.75, 3.05) is 12.4 Å². The van der Waals surface area contributed by atoms with Crippen LogP contribution in [0.1, 0.15) is 17.2 Å². The topological polar surface area (TPSA) is 97.7 Å². The number of carbonyl (C=O) groups excluding carboxylic acids is 1. The van der Waals surface area contributed by atoms with E-state index in [1.54, 1.807) is 38.2 Å². The number of aromatic amines is 1. The van der Waals surface area contributed by atoms with Gasteiger partial charge in [0.05, 0.1) is 18.2 Å². The molecule has 0 unspecified atom stereocenters. The highest BCUT2D eigenvalue weighted by Crippen LogP contribution is 2.10. The molecule has 1 heterocycles. The Bertz CT molecular complexity index is 640. The Morgan fingerprint density at radius 1 is 1.45 bits per heavy atom. The molecule has 0 aliphatic rings. The summed E-state index contributed by atoms with van der Waals surface area (Å²) < 4.78 is 0. The molecule has 0 spiro atoms. The van der Waals surface area contributed by atoms with E-state index >= 15 is 0 Å². The van der Waals surface area contributed by atoms with Crippen LogP contribution in [0.3, 0.4) is 0 Å². The van der Waals surface area contributed by atoms with E-state index in [1.807, 2.05) is 6.07 Å². The molecule has 1 aromatic heterocycles. The molecule has 0 radical (unpaired) electrons. The molecular formula is C13H14N6O. The van der Waals surface area contributed by atoms with Gasteiger partial charge >= 0.3 is 6.03 Å². The molecule has 2 rings (SSSR count). The SMILES string of the molecule is Cc1nc(CN(C)C(=O)Nc2ccc(C#N)cc2)n[nH]1. The molecule has 7 nitrogen and oxygen atoms in total. The minimum atomic E-state index is -0.267. The summed E-state index contributed by atoms with van der Waals surface area (Å²) in [7, 11) is 1.66. The first-order valence-corrected chi connectivity index (χ1v) is 5.98. The lowest BCUT2D eigenvalue weighted by Crippen LogP contribution is -2.31. The number of nitriles is 1. The van der Waals surface area contributed by atoms with Crippen LogP contribution < -0.4 is 5.32 Å². The van der Waals surface area contributed by atoms with Crippen molar-refractivity contribution >= 4 is 11.7 Å². The molecular weight excluding hydrogens is 256 g/mol. The van der Waals surface area contributed by atoms with Crippen LogP contribution in [0.4, 0.5) is 10.5 Å². The lowest BCUT2D eigenvalue weighted by atomic mass is 10.2. The summed E-state index contributed by atoms with van der Waals surface area (Å²) in [6, 6.07) is 8.41. The molecule has 0 saturated heterocycles. The highest BCUT2D eigenvalue weighted by Gasteiger charge is 2.11. The van der Waals surface area contributed by atoms with Crippen molar-refractivity contribution in [1.29, 1.82) is 5.26 Å². The Balaban J connectivity index is 1.95. The first-order chi connectivity index (χ1) is 9.58. The summed E-state index contributed by atoms with van der Waals surface area (Å²) >= 11 is 0. The van der Waals surface area contributed by atoms with Gasteiger partial charge in [0.1, 0.15) is 5.82 Å². The molecule has 2 N–H and O–H groups in total. The smallest absolute Gasteiger partial charge is 0.320 e. The fraction of sp³-hybridized carbons (Fsp3) is 0.231. The monoisotopic (exact) mass is 270 g/mol. The third-order valence-electron chi connectivity index (χ3n) is 2.63. The van der Waals surface area contributed by atoms with Gasteiger partial charge in [-0.05, 0) is 31.2 Å². The Hall–Kier alpha value is -2.88. The number of nitrogens with zero attached hydrogens (tertiary/aromatic N) is 4. The molecule has 0 aliphatic heterocycles. The van der Waals surface area contributed by atoms with Crippen LogP contribution in [0.2, 0.25) is 0 Å². The fourth-order valence-electron chi connectivity index (χ4n) is 1.59. The van der Waals surface area contributed by atoms with Crippen molar-refractivity contribution in [1.82, 2.24) is 20.1 Å². The van der Waals surface area contributed by atoms with E-state index in [-0.39, 0.29) is 6.03 Å². The van der Waals surface area contributed by atoms with Crippen molar-refractivity contribution in [2.24, 2.45) is 0 Å². The standard InChI is InChI=1S/C13H14N6O/c1-9-15-12(18-17-9)8-19(2)13(20)16-11-5-3-10(7-14)4-6-11/h3-6H,8H2,1-2H3,(H,16,20)(H,15,17,18). The average molecular weight is 270 g/mol. The molecule has 7 heteroatoms. The van der Waals surface area contributed by atoms with Crippen LogP contribution in [-0.4, -0.2) is 33.2 Å². The molecule has 0 saturated carbocycles. The van der Waals surface area contributed by atoms with Gasteiger partial charge in [0.2, 0.25) is 0 Å². The predicted octanol–water partition coefficient (Wildman–Crippen LogP) is 1.65. The van der Waals surface area contributed by atoms with Gasteiger partial charge in [-0.1, -0.05) is 0 Å². The maximum atomic E-state index is 12.0. The second-order valence-corrected chi connectivity index (χ2v) is 4.31. The molecule has 0 bridgehead atoms. The minimum Gasteiger partial charge on any atom is -0.320 e. The molecule has 102 valence electrons. The van der Waals surface area contributed by atoms with Gasteiger partial charge in [0, 0.05) is 12.7 Å². The van der Waals surface area contributed by atoms with E-state index in [9.17, 15) is 4.79 Å². The zero-order valence-corrected chi connectivity index (χ0v) is 11.2. The second kappa shape index (κ2) is 5.84.